The molecule has 0 spiro atoms. The average molecular weight is 286 g/mol. The first-order valence-electron chi connectivity index (χ1n) is 6.29. The molecule has 1 heterocycles. The fourth-order valence-corrected chi connectivity index (χ4v) is 2.01. The summed E-state index contributed by atoms with van der Waals surface area (Å²) in [6.45, 7) is -2.47. The molecule has 1 aromatic carbocycles. The van der Waals surface area contributed by atoms with Gasteiger partial charge >= 0.3 is 6.61 Å². The van der Waals surface area contributed by atoms with Crippen LogP contribution in [0.3, 0.4) is 0 Å². The number of ether oxygens (including phenoxy) is 2. The van der Waals surface area contributed by atoms with Gasteiger partial charge in [0, 0.05) is 12.2 Å². The van der Waals surface area contributed by atoms with Crippen LogP contribution >= 0.6 is 0 Å². The topological polar surface area (TPSA) is 73.6 Å². The highest BCUT2D eigenvalue weighted by Crippen LogP contribution is 2.22. The van der Waals surface area contributed by atoms with Gasteiger partial charge < -0.3 is 20.5 Å². The summed E-state index contributed by atoms with van der Waals surface area (Å²) in [4.78, 5) is 11.9. The Kier molecular flexibility index (Phi) is 4.86. The Hall–Kier alpha value is -1.73. The van der Waals surface area contributed by atoms with E-state index in [2.05, 4.69) is 10.1 Å². The monoisotopic (exact) mass is 286 g/mol. The molecule has 0 aromatic heterocycles. The van der Waals surface area contributed by atoms with Crippen molar-refractivity contribution in [3.05, 3.63) is 24.3 Å². The van der Waals surface area contributed by atoms with E-state index in [-0.39, 0.29) is 17.8 Å². The van der Waals surface area contributed by atoms with Gasteiger partial charge in [0.05, 0.1) is 6.10 Å². The van der Waals surface area contributed by atoms with Crippen molar-refractivity contribution < 1.29 is 23.0 Å². The van der Waals surface area contributed by atoms with Crippen molar-refractivity contribution in [3.8, 4) is 5.75 Å². The Balaban J connectivity index is 1.88. The average Bonchev–Trinajstić information content (AvgIpc) is 2.89. The van der Waals surface area contributed by atoms with Crippen molar-refractivity contribution >= 4 is 11.6 Å². The molecule has 2 rings (SSSR count). The Bertz CT molecular complexity index is 453. The van der Waals surface area contributed by atoms with Gasteiger partial charge in [-0.3, -0.25) is 4.79 Å². The van der Waals surface area contributed by atoms with Crippen molar-refractivity contribution in [1.82, 2.24) is 0 Å². The van der Waals surface area contributed by atoms with Gasteiger partial charge in [0.15, 0.2) is 0 Å². The van der Waals surface area contributed by atoms with Gasteiger partial charge in [-0.15, -0.1) is 0 Å². The Morgan fingerprint density at radius 1 is 1.40 bits per heavy atom. The third-order valence-corrected chi connectivity index (χ3v) is 3.01. The minimum atomic E-state index is -2.87. The largest absolute Gasteiger partial charge is 0.435 e. The standard InChI is InChI=1S/C13H16F2N2O3/c14-13(15)20-9-3-1-8(2-4-9)17-12(18)11-6-5-10(7-16)19-11/h1-4,10-11,13H,5-7,16H2,(H,17,18)/t10-,11+/m1/s1. The maximum Gasteiger partial charge on any atom is 0.387 e. The van der Waals surface area contributed by atoms with Gasteiger partial charge in [-0.05, 0) is 37.1 Å². The highest BCUT2D eigenvalue weighted by molar-refractivity contribution is 5.94. The smallest absolute Gasteiger partial charge is 0.387 e. The lowest BCUT2D eigenvalue weighted by molar-refractivity contribution is -0.126. The van der Waals surface area contributed by atoms with E-state index < -0.39 is 12.7 Å². The molecule has 1 saturated heterocycles. The molecule has 2 atom stereocenters. The Morgan fingerprint density at radius 2 is 2.10 bits per heavy atom. The number of amides is 1. The van der Waals surface area contributed by atoms with Crippen molar-refractivity contribution in [2.75, 3.05) is 11.9 Å². The van der Waals surface area contributed by atoms with Gasteiger partial charge in [0.2, 0.25) is 0 Å². The lowest BCUT2D eigenvalue weighted by atomic mass is 10.2. The van der Waals surface area contributed by atoms with Gasteiger partial charge in [-0.25, -0.2) is 0 Å². The van der Waals surface area contributed by atoms with E-state index in [0.717, 1.165) is 6.42 Å². The van der Waals surface area contributed by atoms with Crippen LogP contribution in [0.5, 0.6) is 5.75 Å². The molecule has 1 fully saturated rings. The predicted molar refractivity (Wildman–Crippen MR) is 68.7 cm³/mol. The molecule has 1 aliphatic heterocycles. The molecule has 0 radical (unpaired) electrons. The summed E-state index contributed by atoms with van der Waals surface area (Å²) >= 11 is 0. The fourth-order valence-electron chi connectivity index (χ4n) is 2.01. The number of hydrogen-bond donors (Lipinski definition) is 2. The summed E-state index contributed by atoms with van der Waals surface area (Å²) in [5.74, 6) is -0.221. The lowest BCUT2D eigenvalue weighted by Gasteiger charge is -2.13. The fraction of sp³-hybridized carbons (Fsp3) is 0.462. The predicted octanol–water partition coefficient (Wildman–Crippen LogP) is 1.73. The number of carbonyl (C=O) groups excluding carboxylic acids is 1. The molecule has 0 unspecified atom stereocenters. The second-order valence-corrected chi connectivity index (χ2v) is 4.45. The van der Waals surface area contributed by atoms with Crippen LogP contribution in [-0.2, 0) is 9.53 Å². The van der Waals surface area contributed by atoms with Gasteiger partial charge in [-0.2, -0.15) is 8.78 Å². The molecule has 7 heteroatoms. The first kappa shape index (κ1) is 14.7. The maximum absolute atomic E-state index is 12.0. The van der Waals surface area contributed by atoms with Gasteiger partial charge in [0.1, 0.15) is 11.9 Å². The van der Waals surface area contributed by atoms with Crippen LogP contribution in [0.4, 0.5) is 14.5 Å². The molecular formula is C13H16F2N2O3. The van der Waals surface area contributed by atoms with Crippen LogP contribution in [-0.4, -0.2) is 31.3 Å². The number of nitrogens with two attached hydrogens (primary N) is 1. The number of halogens is 2. The van der Waals surface area contributed by atoms with E-state index in [0.29, 0.717) is 18.7 Å². The molecular weight excluding hydrogens is 270 g/mol. The minimum Gasteiger partial charge on any atom is -0.435 e. The number of anilines is 1. The third-order valence-electron chi connectivity index (χ3n) is 3.01. The molecule has 110 valence electrons. The zero-order valence-corrected chi connectivity index (χ0v) is 10.7. The Morgan fingerprint density at radius 3 is 2.65 bits per heavy atom. The maximum atomic E-state index is 12.0. The molecule has 1 aromatic rings. The van der Waals surface area contributed by atoms with E-state index >= 15 is 0 Å². The van der Waals surface area contributed by atoms with Crippen LogP contribution < -0.4 is 15.8 Å². The zero-order chi connectivity index (χ0) is 14.5. The summed E-state index contributed by atoms with van der Waals surface area (Å²) in [5.41, 5.74) is 5.97. The second kappa shape index (κ2) is 6.62. The molecule has 1 aliphatic rings. The second-order valence-electron chi connectivity index (χ2n) is 4.45. The van der Waals surface area contributed by atoms with Crippen LogP contribution in [0.2, 0.25) is 0 Å². The molecule has 20 heavy (non-hydrogen) atoms. The van der Waals surface area contributed by atoms with Crippen LogP contribution in [0.15, 0.2) is 24.3 Å². The highest BCUT2D eigenvalue weighted by Gasteiger charge is 2.29. The number of rotatable bonds is 5. The van der Waals surface area contributed by atoms with E-state index in [1.54, 1.807) is 0 Å². The first-order valence-corrected chi connectivity index (χ1v) is 6.29. The van der Waals surface area contributed by atoms with Crippen LogP contribution in [0, 0.1) is 0 Å². The molecule has 5 nitrogen and oxygen atoms in total. The van der Waals surface area contributed by atoms with Crippen molar-refractivity contribution in [2.24, 2.45) is 5.73 Å². The molecule has 0 saturated carbocycles. The third kappa shape index (κ3) is 3.88. The van der Waals surface area contributed by atoms with Crippen molar-refractivity contribution in [2.45, 2.75) is 31.7 Å². The summed E-state index contributed by atoms with van der Waals surface area (Å²) in [7, 11) is 0. The normalized spacial score (nSPS) is 22.0. The number of carbonyl (C=O) groups is 1. The number of benzene rings is 1. The van der Waals surface area contributed by atoms with Gasteiger partial charge in [-0.1, -0.05) is 0 Å². The van der Waals surface area contributed by atoms with Crippen molar-refractivity contribution in [3.63, 3.8) is 0 Å². The van der Waals surface area contributed by atoms with Crippen LogP contribution in [0.25, 0.3) is 0 Å². The summed E-state index contributed by atoms with van der Waals surface area (Å²) in [6.07, 6.45) is 0.795. The zero-order valence-electron chi connectivity index (χ0n) is 10.7. The number of alkyl halides is 2. The molecule has 0 aliphatic carbocycles. The number of nitrogens with one attached hydrogen (secondary N) is 1. The van der Waals surface area contributed by atoms with E-state index in [1.165, 1.54) is 24.3 Å². The SMILES string of the molecule is NC[C@H]1CC[C@@H](C(=O)Nc2ccc(OC(F)F)cc2)O1. The van der Waals surface area contributed by atoms with E-state index in [4.69, 9.17) is 10.5 Å². The molecule has 1 amide bonds. The summed E-state index contributed by atoms with van der Waals surface area (Å²) < 4.78 is 33.7. The van der Waals surface area contributed by atoms with E-state index in [1.807, 2.05) is 0 Å². The Labute approximate surface area is 115 Å². The van der Waals surface area contributed by atoms with Crippen molar-refractivity contribution in [1.29, 1.82) is 0 Å². The molecule has 0 bridgehead atoms. The molecule has 3 N–H and O–H groups in total. The van der Waals surface area contributed by atoms with Gasteiger partial charge in [0.25, 0.3) is 5.91 Å². The minimum absolute atomic E-state index is 0.0401. The quantitative estimate of drug-likeness (QED) is 0.864. The first-order chi connectivity index (χ1) is 9.58. The highest BCUT2D eigenvalue weighted by atomic mass is 19.3. The van der Waals surface area contributed by atoms with E-state index in [9.17, 15) is 13.6 Å². The lowest BCUT2D eigenvalue weighted by Crippen LogP contribution is -2.29. The van der Waals surface area contributed by atoms with Crippen LogP contribution in [0.1, 0.15) is 12.8 Å². The summed E-state index contributed by atoms with van der Waals surface area (Å²) in [6, 6.07) is 5.70. The summed E-state index contributed by atoms with van der Waals surface area (Å²) in [5, 5.41) is 2.66. The number of hydrogen-bond acceptors (Lipinski definition) is 4.